The number of hydrogen-bond acceptors (Lipinski definition) is 5. The van der Waals surface area contributed by atoms with Crippen LogP contribution in [0.2, 0.25) is 5.02 Å². The molecule has 1 atom stereocenters. The van der Waals surface area contributed by atoms with E-state index in [0.717, 1.165) is 42.2 Å². The predicted molar refractivity (Wildman–Crippen MR) is 90.9 cm³/mol. The van der Waals surface area contributed by atoms with Gasteiger partial charge < -0.3 is 13.9 Å². The number of halogens is 1. The lowest BCUT2D eigenvalue weighted by molar-refractivity contribution is -0.150. The number of carbonyl (C=O) groups is 1. The lowest BCUT2D eigenvalue weighted by atomic mass is 9.90. The monoisotopic (exact) mass is 350 g/mol. The fraction of sp³-hybridized carbons (Fsp3) is 0.444. The smallest absolute Gasteiger partial charge is 0.347 e. The Hall–Kier alpha value is -2.01. The highest BCUT2D eigenvalue weighted by Gasteiger charge is 2.21. The van der Waals surface area contributed by atoms with Crippen LogP contribution in [0, 0.1) is 0 Å². The molecule has 1 aromatic carbocycles. The maximum absolute atomic E-state index is 12.2. The van der Waals surface area contributed by atoms with Gasteiger partial charge in [0.05, 0.1) is 11.6 Å². The number of rotatable bonds is 4. The molecule has 0 N–H and O–H groups in total. The topological polar surface area (TPSA) is 65.7 Å². The van der Waals surface area contributed by atoms with Crippen LogP contribution in [0.15, 0.2) is 21.3 Å². The van der Waals surface area contributed by atoms with Crippen molar-refractivity contribution in [2.75, 3.05) is 6.61 Å². The molecule has 0 saturated carbocycles. The SMILES string of the molecule is CCOC(=O)[C@H](C)Oc1cc2oc(=O)c3c(c2cc1Cl)CCCC3. The number of aryl methyl sites for hydroxylation is 1. The average Bonchev–Trinajstić information content (AvgIpc) is 2.57. The van der Waals surface area contributed by atoms with Crippen molar-refractivity contribution >= 4 is 28.5 Å². The maximum atomic E-state index is 12.2. The molecule has 0 aliphatic heterocycles. The van der Waals surface area contributed by atoms with Gasteiger partial charge in [-0.3, -0.25) is 0 Å². The Labute approximate surface area is 144 Å². The first kappa shape index (κ1) is 16.8. The van der Waals surface area contributed by atoms with Crippen LogP contribution in [-0.2, 0) is 22.4 Å². The van der Waals surface area contributed by atoms with E-state index in [9.17, 15) is 9.59 Å². The van der Waals surface area contributed by atoms with Crippen molar-refractivity contribution in [3.8, 4) is 5.75 Å². The summed E-state index contributed by atoms with van der Waals surface area (Å²) in [6, 6.07) is 3.32. The second kappa shape index (κ2) is 6.85. The summed E-state index contributed by atoms with van der Waals surface area (Å²) in [7, 11) is 0. The van der Waals surface area contributed by atoms with Gasteiger partial charge >= 0.3 is 11.6 Å². The Balaban J connectivity index is 2.01. The minimum Gasteiger partial charge on any atom is -0.477 e. The van der Waals surface area contributed by atoms with Crippen molar-refractivity contribution in [3.05, 3.63) is 38.7 Å². The normalized spacial score (nSPS) is 15.0. The van der Waals surface area contributed by atoms with Crippen molar-refractivity contribution in [1.29, 1.82) is 0 Å². The quantitative estimate of drug-likeness (QED) is 0.622. The molecular weight excluding hydrogens is 332 g/mol. The molecule has 128 valence electrons. The molecule has 1 aliphatic carbocycles. The summed E-state index contributed by atoms with van der Waals surface area (Å²) < 4.78 is 15.9. The van der Waals surface area contributed by atoms with Crippen LogP contribution in [0.3, 0.4) is 0 Å². The first-order valence-corrected chi connectivity index (χ1v) is 8.50. The third-order valence-corrected chi connectivity index (χ3v) is 4.49. The van der Waals surface area contributed by atoms with Gasteiger partial charge in [-0.1, -0.05) is 11.6 Å². The fourth-order valence-electron chi connectivity index (χ4n) is 3.03. The molecule has 5 nitrogen and oxygen atoms in total. The minimum absolute atomic E-state index is 0.277. The number of esters is 1. The molecule has 1 aliphatic rings. The van der Waals surface area contributed by atoms with Crippen LogP contribution < -0.4 is 10.4 Å². The summed E-state index contributed by atoms with van der Waals surface area (Å²) >= 11 is 6.31. The summed E-state index contributed by atoms with van der Waals surface area (Å²) in [6.07, 6.45) is 2.82. The Kier molecular flexibility index (Phi) is 4.81. The van der Waals surface area contributed by atoms with E-state index in [1.807, 2.05) is 0 Å². The van der Waals surface area contributed by atoms with E-state index in [4.69, 9.17) is 25.5 Å². The highest BCUT2D eigenvalue weighted by atomic mass is 35.5. The second-order valence-corrected chi connectivity index (χ2v) is 6.25. The molecule has 0 amide bonds. The maximum Gasteiger partial charge on any atom is 0.347 e. The Morgan fingerprint density at radius 3 is 2.71 bits per heavy atom. The number of carbonyl (C=O) groups excluding carboxylic acids is 1. The molecule has 1 aromatic heterocycles. The van der Waals surface area contributed by atoms with Crippen LogP contribution >= 0.6 is 11.6 Å². The van der Waals surface area contributed by atoms with Gasteiger partial charge in [-0.2, -0.15) is 0 Å². The summed E-state index contributed by atoms with van der Waals surface area (Å²) in [5, 5.41) is 1.21. The zero-order chi connectivity index (χ0) is 17.3. The first-order chi connectivity index (χ1) is 11.5. The standard InChI is InChI=1S/C18H19ClO5/c1-3-22-17(20)10(2)23-16-9-15-13(8-14(16)19)11-6-4-5-7-12(11)18(21)24-15/h8-10H,3-7H2,1-2H3/t10-/m0/s1. The third kappa shape index (κ3) is 3.13. The first-order valence-electron chi connectivity index (χ1n) is 8.12. The van der Waals surface area contributed by atoms with Crippen molar-refractivity contribution < 1.29 is 18.7 Å². The van der Waals surface area contributed by atoms with Crippen molar-refractivity contribution in [3.63, 3.8) is 0 Å². The third-order valence-electron chi connectivity index (χ3n) is 4.20. The lowest BCUT2D eigenvalue weighted by Gasteiger charge is -2.18. The highest BCUT2D eigenvalue weighted by Crippen LogP contribution is 2.34. The van der Waals surface area contributed by atoms with E-state index in [1.165, 1.54) is 0 Å². The van der Waals surface area contributed by atoms with E-state index in [2.05, 4.69) is 0 Å². The molecule has 3 rings (SSSR count). The summed E-state index contributed by atoms with van der Waals surface area (Å²) in [4.78, 5) is 23.9. The highest BCUT2D eigenvalue weighted by molar-refractivity contribution is 6.32. The molecule has 0 saturated heterocycles. The van der Waals surface area contributed by atoms with Crippen LogP contribution in [0.1, 0.15) is 37.8 Å². The molecule has 6 heteroatoms. The average molecular weight is 351 g/mol. The minimum atomic E-state index is -0.802. The van der Waals surface area contributed by atoms with Gasteiger partial charge in [0.25, 0.3) is 0 Å². The molecular formula is C18H19ClO5. The number of benzene rings is 1. The van der Waals surface area contributed by atoms with E-state index >= 15 is 0 Å². The number of ether oxygens (including phenoxy) is 2. The van der Waals surface area contributed by atoms with E-state index in [0.29, 0.717) is 16.4 Å². The van der Waals surface area contributed by atoms with Gasteiger partial charge in [0.1, 0.15) is 11.3 Å². The lowest BCUT2D eigenvalue weighted by Crippen LogP contribution is -2.26. The second-order valence-electron chi connectivity index (χ2n) is 5.84. The molecule has 2 aromatic rings. The van der Waals surface area contributed by atoms with Crippen LogP contribution in [0.25, 0.3) is 11.0 Å². The summed E-state index contributed by atoms with van der Waals surface area (Å²) in [5.41, 5.74) is 1.89. The summed E-state index contributed by atoms with van der Waals surface area (Å²) in [6.45, 7) is 3.59. The predicted octanol–water partition coefficient (Wildman–Crippen LogP) is 3.66. The fourth-order valence-corrected chi connectivity index (χ4v) is 3.24. The Morgan fingerprint density at radius 1 is 1.29 bits per heavy atom. The molecule has 0 radical (unpaired) electrons. The van der Waals surface area contributed by atoms with Crippen LogP contribution in [0.5, 0.6) is 5.75 Å². The number of fused-ring (bicyclic) bond motifs is 3. The van der Waals surface area contributed by atoms with Crippen molar-refractivity contribution in [2.45, 2.75) is 45.6 Å². The van der Waals surface area contributed by atoms with Crippen LogP contribution in [-0.4, -0.2) is 18.7 Å². The van der Waals surface area contributed by atoms with E-state index in [1.54, 1.807) is 26.0 Å². The molecule has 0 fully saturated rings. The molecule has 0 bridgehead atoms. The van der Waals surface area contributed by atoms with Gasteiger partial charge in [0.2, 0.25) is 0 Å². The van der Waals surface area contributed by atoms with Gasteiger partial charge in [0.15, 0.2) is 6.10 Å². The van der Waals surface area contributed by atoms with E-state index in [-0.39, 0.29) is 12.2 Å². The van der Waals surface area contributed by atoms with Gasteiger partial charge in [0, 0.05) is 17.0 Å². The van der Waals surface area contributed by atoms with Crippen molar-refractivity contribution in [1.82, 2.24) is 0 Å². The van der Waals surface area contributed by atoms with Gasteiger partial charge in [-0.05, 0) is 51.2 Å². The zero-order valence-electron chi connectivity index (χ0n) is 13.7. The summed E-state index contributed by atoms with van der Waals surface area (Å²) in [5.74, 6) is -0.177. The van der Waals surface area contributed by atoms with Crippen molar-refractivity contribution in [2.24, 2.45) is 0 Å². The van der Waals surface area contributed by atoms with Crippen LogP contribution in [0.4, 0.5) is 0 Å². The number of hydrogen-bond donors (Lipinski definition) is 0. The largest absolute Gasteiger partial charge is 0.477 e. The van der Waals surface area contributed by atoms with Gasteiger partial charge in [-0.15, -0.1) is 0 Å². The Morgan fingerprint density at radius 2 is 2.00 bits per heavy atom. The van der Waals surface area contributed by atoms with Gasteiger partial charge in [-0.25, -0.2) is 9.59 Å². The van der Waals surface area contributed by atoms with E-state index < -0.39 is 12.1 Å². The Bertz CT molecular complexity index is 839. The zero-order valence-corrected chi connectivity index (χ0v) is 14.4. The molecule has 24 heavy (non-hydrogen) atoms. The molecule has 0 unspecified atom stereocenters. The molecule has 1 heterocycles. The molecule has 0 spiro atoms.